The molecule has 0 spiro atoms. The van der Waals surface area contributed by atoms with Crippen molar-refractivity contribution >= 4 is 28.5 Å². The van der Waals surface area contributed by atoms with Gasteiger partial charge in [-0.2, -0.15) is 0 Å². The first-order valence-electron chi connectivity index (χ1n) is 11.2. The van der Waals surface area contributed by atoms with Gasteiger partial charge in [0, 0.05) is 35.7 Å². The zero-order chi connectivity index (χ0) is 24.8. The van der Waals surface area contributed by atoms with E-state index in [1.807, 2.05) is 36.4 Å². The van der Waals surface area contributed by atoms with E-state index in [2.05, 4.69) is 21.4 Å². The Morgan fingerprint density at radius 3 is 2.43 bits per heavy atom. The SMILES string of the molecule is COC(=O)c1cc(OC)c(OC)cc1NC(=O)CCCc1c(-c2ccccn2)[nH]c2ccccc12. The summed E-state index contributed by atoms with van der Waals surface area (Å²) in [5.74, 6) is -0.0387. The Labute approximate surface area is 203 Å². The molecule has 35 heavy (non-hydrogen) atoms. The third-order valence-electron chi connectivity index (χ3n) is 5.77. The number of hydrogen-bond acceptors (Lipinski definition) is 6. The molecule has 0 atom stereocenters. The average molecular weight is 474 g/mol. The van der Waals surface area contributed by atoms with Gasteiger partial charge < -0.3 is 24.5 Å². The number of benzene rings is 2. The summed E-state index contributed by atoms with van der Waals surface area (Å²) in [4.78, 5) is 33.1. The topological polar surface area (TPSA) is 103 Å². The molecule has 2 heterocycles. The van der Waals surface area contributed by atoms with E-state index in [1.165, 1.54) is 27.4 Å². The van der Waals surface area contributed by atoms with Gasteiger partial charge in [-0.1, -0.05) is 24.3 Å². The maximum Gasteiger partial charge on any atom is 0.340 e. The number of rotatable bonds is 9. The molecule has 0 radical (unpaired) electrons. The smallest absolute Gasteiger partial charge is 0.340 e. The van der Waals surface area contributed by atoms with Gasteiger partial charge in [-0.25, -0.2) is 4.79 Å². The maximum absolute atomic E-state index is 12.8. The molecule has 8 nitrogen and oxygen atoms in total. The molecule has 1 amide bonds. The van der Waals surface area contributed by atoms with Crippen LogP contribution in [0.2, 0.25) is 0 Å². The second-order valence-electron chi connectivity index (χ2n) is 7.89. The zero-order valence-electron chi connectivity index (χ0n) is 19.9. The number of ether oxygens (including phenoxy) is 3. The van der Waals surface area contributed by atoms with Crippen molar-refractivity contribution < 1.29 is 23.8 Å². The van der Waals surface area contributed by atoms with Crippen molar-refractivity contribution in [3.63, 3.8) is 0 Å². The number of methoxy groups -OCH3 is 3. The Hall–Kier alpha value is -4.33. The molecule has 4 aromatic rings. The van der Waals surface area contributed by atoms with E-state index in [4.69, 9.17) is 14.2 Å². The molecule has 4 rings (SSSR count). The van der Waals surface area contributed by atoms with E-state index in [1.54, 1.807) is 12.3 Å². The molecule has 180 valence electrons. The highest BCUT2D eigenvalue weighted by molar-refractivity contribution is 6.02. The average Bonchev–Trinajstić information content (AvgIpc) is 3.27. The van der Waals surface area contributed by atoms with Gasteiger partial charge in [-0.05, 0) is 36.6 Å². The van der Waals surface area contributed by atoms with Crippen LogP contribution in [-0.2, 0) is 16.0 Å². The van der Waals surface area contributed by atoms with E-state index >= 15 is 0 Å². The summed E-state index contributed by atoms with van der Waals surface area (Å²) >= 11 is 0. The highest BCUT2D eigenvalue weighted by Crippen LogP contribution is 2.34. The molecule has 0 bridgehead atoms. The van der Waals surface area contributed by atoms with Gasteiger partial charge in [0.15, 0.2) is 11.5 Å². The largest absolute Gasteiger partial charge is 0.493 e. The molecule has 0 saturated heterocycles. The van der Waals surface area contributed by atoms with Gasteiger partial charge in [0.2, 0.25) is 5.91 Å². The Morgan fingerprint density at radius 2 is 1.71 bits per heavy atom. The number of aryl methyl sites for hydroxylation is 1. The number of esters is 1. The van der Waals surface area contributed by atoms with E-state index in [-0.39, 0.29) is 17.9 Å². The van der Waals surface area contributed by atoms with Crippen molar-refractivity contribution in [3.8, 4) is 22.9 Å². The summed E-state index contributed by atoms with van der Waals surface area (Å²) in [6, 6.07) is 16.9. The van der Waals surface area contributed by atoms with Gasteiger partial charge in [0.1, 0.15) is 0 Å². The molecule has 0 aliphatic rings. The van der Waals surface area contributed by atoms with Crippen molar-refractivity contribution in [3.05, 3.63) is 71.9 Å². The lowest BCUT2D eigenvalue weighted by Crippen LogP contribution is -2.15. The number of hydrogen-bond donors (Lipinski definition) is 2. The number of carbonyl (C=O) groups is 2. The molecule has 0 saturated carbocycles. The monoisotopic (exact) mass is 473 g/mol. The molecule has 0 unspecified atom stereocenters. The third-order valence-corrected chi connectivity index (χ3v) is 5.77. The molecule has 0 aliphatic carbocycles. The van der Waals surface area contributed by atoms with Crippen LogP contribution in [0.1, 0.15) is 28.8 Å². The van der Waals surface area contributed by atoms with E-state index < -0.39 is 5.97 Å². The molecule has 8 heteroatoms. The molecule has 0 fully saturated rings. The predicted molar refractivity (Wildman–Crippen MR) is 134 cm³/mol. The molecule has 0 aliphatic heterocycles. The number of nitrogens with zero attached hydrogens (tertiary/aromatic N) is 1. The zero-order valence-corrected chi connectivity index (χ0v) is 19.9. The van der Waals surface area contributed by atoms with Gasteiger partial charge in [-0.3, -0.25) is 9.78 Å². The number of nitrogens with one attached hydrogen (secondary N) is 2. The minimum Gasteiger partial charge on any atom is -0.493 e. The Bertz CT molecular complexity index is 1350. The minimum absolute atomic E-state index is 0.188. The first-order chi connectivity index (χ1) is 17.0. The number of fused-ring (bicyclic) bond motifs is 1. The molecule has 2 aromatic heterocycles. The fourth-order valence-corrected chi connectivity index (χ4v) is 4.09. The molecular weight excluding hydrogens is 446 g/mol. The highest BCUT2D eigenvalue weighted by atomic mass is 16.5. The summed E-state index contributed by atoms with van der Waals surface area (Å²) in [5, 5.41) is 3.93. The number of aromatic amines is 1. The van der Waals surface area contributed by atoms with Crippen LogP contribution < -0.4 is 14.8 Å². The second-order valence-corrected chi connectivity index (χ2v) is 7.89. The second kappa shape index (κ2) is 10.7. The van der Waals surface area contributed by atoms with Crippen LogP contribution in [0.3, 0.4) is 0 Å². The number of aromatic nitrogens is 2. The van der Waals surface area contributed by atoms with Crippen molar-refractivity contribution in [2.75, 3.05) is 26.6 Å². The minimum atomic E-state index is -0.583. The third kappa shape index (κ3) is 5.11. The van der Waals surface area contributed by atoms with Crippen LogP contribution in [0.4, 0.5) is 5.69 Å². The fraction of sp³-hybridized carbons (Fsp3) is 0.222. The van der Waals surface area contributed by atoms with Gasteiger partial charge in [-0.15, -0.1) is 0 Å². The van der Waals surface area contributed by atoms with Crippen molar-refractivity contribution in [2.45, 2.75) is 19.3 Å². The summed E-state index contributed by atoms with van der Waals surface area (Å²) < 4.78 is 15.4. The van der Waals surface area contributed by atoms with Crippen LogP contribution in [-0.4, -0.2) is 43.2 Å². The van der Waals surface area contributed by atoms with E-state index in [0.29, 0.717) is 30.0 Å². The maximum atomic E-state index is 12.8. The summed E-state index contributed by atoms with van der Waals surface area (Å²) in [6.07, 6.45) is 3.31. The number of H-pyrrole nitrogens is 1. The quantitative estimate of drug-likeness (QED) is 0.332. The fourth-order valence-electron chi connectivity index (χ4n) is 4.09. The Morgan fingerprint density at radius 1 is 0.971 bits per heavy atom. The normalized spacial score (nSPS) is 10.7. The molecule has 2 aromatic carbocycles. The predicted octanol–water partition coefficient (Wildman–Crippen LogP) is 5.00. The lowest BCUT2D eigenvalue weighted by molar-refractivity contribution is -0.116. The first kappa shape index (κ1) is 23.8. The first-order valence-corrected chi connectivity index (χ1v) is 11.2. The number of carbonyl (C=O) groups excluding carboxylic acids is 2. The van der Waals surface area contributed by atoms with Crippen LogP contribution in [0.5, 0.6) is 11.5 Å². The summed E-state index contributed by atoms with van der Waals surface area (Å²) in [6.45, 7) is 0. The number of pyridine rings is 1. The van der Waals surface area contributed by atoms with Gasteiger partial charge in [0.05, 0.1) is 44.0 Å². The van der Waals surface area contributed by atoms with Crippen molar-refractivity contribution in [1.29, 1.82) is 0 Å². The standard InChI is InChI=1S/C27H27N3O5/c1-33-23-15-19(27(32)35-3)22(16-24(23)34-2)29-25(31)13-8-10-18-17-9-4-5-11-20(17)30-26(18)21-12-6-7-14-28-21/h4-7,9,11-12,14-16,30H,8,10,13H2,1-3H3,(H,29,31). The lowest BCUT2D eigenvalue weighted by atomic mass is 10.0. The van der Waals surface area contributed by atoms with Crippen LogP contribution >= 0.6 is 0 Å². The van der Waals surface area contributed by atoms with Crippen LogP contribution in [0.25, 0.3) is 22.3 Å². The van der Waals surface area contributed by atoms with Crippen LogP contribution in [0.15, 0.2) is 60.8 Å². The Kier molecular flexibility index (Phi) is 7.30. The van der Waals surface area contributed by atoms with Crippen molar-refractivity contribution in [1.82, 2.24) is 9.97 Å². The van der Waals surface area contributed by atoms with E-state index in [9.17, 15) is 9.59 Å². The summed E-state index contributed by atoms with van der Waals surface area (Å²) in [5.41, 5.74) is 4.46. The van der Waals surface area contributed by atoms with Crippen LogP contribution in [0, 0.1) is 0 Å². The highest BCUT2D eigenvalue weighted by Gasteiger charge is 2.20. The van der Waals surface area contributed by atoms with E-state index in [0.717, 1.165) is 27.9 Å². The number of anilines is 1. The number of amides is 1. The lowest BCUT2D eigenvalue weighted by Gasteiger charge is -2.14. The van der Waals surface area contributed by atoms with Gasteiger partial charge in [0.25, 0.3) is 0 Å². The van der Waals surface area contributed by atoms with Gasteiger partial charge >= 0.3 is 5.97 Å². The Balaban J connectivity index is 1.52. The van der Waals surface area contributed by atoms with Crippen molar-refractivity contribution in [2.24, 2.45) is 0 Å². The molecule has 2 N–H and O–H groups in total. The summed E-state index contributed by atoms with van der Waals surface area (Å²) in [7, 11) is 4.24. The number of para-hydroxylation sites is 1. The molecular formula is C27H27N3O5.